The number of hydrogen-bond donors (Lipinski definition) is 1. The predicted octanol–water partition coefficient (Wildman–Crippen LogP) is 5.32. The Morgan fingerprint density at radius 2 is 1.70 bits per heavy atom. The van der Waals surface area contributed by atoms with Gasteiger partial charge in [0.2, 0.25) is 0 Å². The first-order valence-corrected chi connectivity index (χ1v) is 8.24. The van der Waals surface area contributed by atoms with Gasteiger partial charge in [-0.25, -0.2) is 0 Å². The Labute approximate surface area is 134 Å². The van der Waals surface area contributed by atoms with Crippen molar-refractivity contribution in [1.29, 1.82) is 0 Å². The van der Waals surface area contributed by atoms with Crippen LogP contribution in [-0.4, -0.2) is 6.04 Å². The largest absolute Gasteiger partial charge is 0.327 e. The summed E-state index contributed by atoms with van der Waals surface area (Å²) in [6.07, 6.45) is 0. The maximum atomic E-state index is 6.19. The number of hydrogen-bond acceptors (Lipinski definition) is 2. The van der Waals surface area contributed by atoms with Crippen LogP contribution < -0.4 is 5.73 Å². The molecule has 0 aliphatic rings. The van der Waals surface area contributed by atoms with Crippen LogP contribution in [0.4, 0.5) is 0 Å². The van der Waals surface area contributed by atoms with Crippen molar-refractivity contribution in [2.24, 2.45) is 5.73 Å². The fraction of sp³-hybridized carbons (Fsp3) is 0.250. The van der Waals surface area contributed by atoms with Gasteiger partial charge >= 0.3 is 0 Å². The Bertz CT molecular complexity index is 555. The van der Waals surface area contributed by atoms with Gasteiger partial charge in [-0.05, 0) is 36.2 Å². The number of rotatable bonds is 5. The molecule has 0 spiro atoms. The minimum absolute atomic E-state index is 0.0589. The lowest BCUT2D eigenvalue weighted by Gasteiger charge is -2.21. The standard InChI is InChI=1S/C16H17Cl2NS/c1-11(19)16(12-6-8-14(17)9-7-12)20-10-13-4-2-3-5-15(13)18/h2-9,11,16H,10,19H2,1H3. The molecule has 2 atom stereocenters. The van der Waals surface area contributed by atoms with E-state index in [0.717, 1.165) is 21.4 Å². The van der Waals surface area contributed by atoms with Crippen LogP contribution in [0.15, 0.2) is 48.5 Å². The van der Waals surface area contributed by atoms with Crippen molar-refractivity contribution < 1.29 is 0 Å². The summed E-state index contributed by atoms with van der Waals surface area (Å²) in [5.41, 5.74) is 8.46. The third-order valence-electron chi connectivity index (χ3n) is 3.05. The van der Waals surface area contributed by atoms with Crippen LogP contribution >= 0.6 is 35.0 Å². The SMILES string of the molecule is CC(N)C(SCc1ccccc1Cl)c1ccc(Cl)cc1. The molecule has 2 unspecified atom stereocenters. The van der Waals surface area contributed by atoms with Gasteiger partial charge in [0.05, 0.1) is 0 Å². The van der Waals surface area contributed by atoms with Gasteiger partial charge in [0, 0.05) is 27.1 Å². The molecule has 0 aliphatic carbocycles. The van der Waals surface area contributed by atoms with Gasteiger partial charge in [-0.3, -0.25) is 0 Å². The molecule has 4 heteroatoms. The summed E-state index contributed by atoms with van der Waals surface area (Å²) in [6, 6.07) is 15.9. The smallest absolute Gasteiger partial charge is 0.0449 e. The Morgan fingerprint density at radius 3 is 2.30 bits per heavy atom. The Morgan fingerprint density at radius 1 is 1.05 bits per heavy atom. The van der Waals surface area contributed by atoms with Crippen LogP contribution in [0.1, 0.15) is 23.3 Å². The molecule has 0 saturated carbocycles. The van der Waals surface area contributed by atoms with Crippen LogP contribution in [0, 0.1) is 0 Å². The highest BCUT2D eigenvalue weighted by Crippen LogP contribution is 2.35. The van der Waals surface area contributed by atoms with E-state index in [1.165, 1.54) is 5.56 Å². The molecular formula is C16H17Cl2NS. The highest BCUT2D eigenvalue weighted by atomic mass is 35.5. The van der Waals surface area contributed by atoms with Crippen molar-refractivity contribution in [3.63, 3.8) is 0 Å². The first-order chi connectivity index (χ1) is 9.58. The fourth-order valence-electron chi connectivity index (χ4n) is 2.00. The summed E-state index contributed by atoms with van der Waals surface area (Å²) >= 11 is 13.9. The zero-order valence-electron chi connectivity index (χ0n) is 11.2. The molecule has 0 saturated heterocycles. The van der Waals surface area contributed by atoms with Crippen LogP contribution in [0.3, 0.4) is 0 Å². The molecule has 0 bridgehead atoms. The molecule has 0 aromatic heterocycles. The molecule has 0 aliphatic heterocycles. The van der Waals surface area contributed by atoms with E-state index in [1.807, 2.05) is 49.4 Å². The number of nitrogens with two attached hydrogens (primary N) is 1. The molecule has 0 fully saturated rings. The van der Waals surface area contributed by atoms with Crippen molar-refractivity contribution >= 4 is 35.0 Å². The summed E-state index contributed by atoms with van der Waals surface area (Å²) < 4.78 is 0. The molecule has 2 aromatic carbocycles. The number of benzene rings is 2. The molecule has 0 amide bonds. The average Bonchev–Trinajstić information content (AvgIpc) is 2.42. The highest BCUT2D eigenvalue weighted by Gasteiger charge is 2.17. The Kier molecular flexibility index (Phi) is 5.79. The fourth-order valence-corrected chi connectivity index (χ4v) is 3.67. The van der Waals surface area contributed by atoms with Crippen molar-refractivity contribution in [1.82, 2.24) is 0 Å². The van der Waals surface area contributed by atoms with Crippen molar-refractivity contribution in [3.8, 4) is 0 Å². The second-order valence-corrected chi connectivity index (χ2v) is 6.71. The van der Waals surface area contributed by atoms with Crippen molar-refractivity contribution in [2.75, 3.05) is 0 Å². The summed E-state index contributed by atoms with van der Waals surface area (Å²) in [5, 5.41) is 1.77. The molecular weight excluding hydrogens is 309 g/mol. The lowest BCUT2D eigenvalue weighted by molar-refractivity contribution is 0.721. The van der Waals surface area contributed by atoms with Gasteiger partial charge in [-0.2, -0.15) is 0 Å². The van der Waals surface area contributed by atoms with E-state index in [4.69, 9.17) is 28.9 Å². The number of thioether (sulfide) groups is 1. The quantitative estimate of drug-likeness (QED) is 0.805. The van der Waals surface area contributed by atoms with Gasteiger partial charge in [0.1, 0.15) is 0 Å². The topological polar surface area (TPSA) is 26.0 Å². The van der Waals surface area contributed by atoms with Crippen LogP contribution in [0.5, 0.6) is 0 Å². The lowest BCUT2D eigenvalue weighted by Crippen LogP contribution is -2.22. The maximum Gasteiger partial charge on any atom is 0.0449 e. The molecule has 2 N–H and O–H groups in total. The minimum atomic E-state index is 0.0589. The van der Waals surface area contributed by atoms with Gasteiger partial charge < -0.3 is 5.73 Å². The van der Waals surface area contributed by atoms with Crippen LogP contribution in [-0.2, 0) is 5.75 Å². The van der Waals surface area contributed by atoms with E-state index >= 15 is 0 Å². The highest BCUT2D eigenvalue weighted by molar-refractivity contribution is 7.98. The second kappa shape index (κ2) is 7.37. The average molecular weight is 326 g/mol. The molecule has 0 heterocycles. The van der Waals surface area contributed by atoms with E-state index in [9.17, 15) is 0 Å². The second-order valence-electron chi connectivity index (χ2n) is 4.73. The van der Waals surface area contributed by atoms with Gasteiger partial charge in [0.15, 0.2) is 0 Å². The van der Waals surface area contributed by atoms with Crippen molar-refractivity contribution in [2.45, 2.75) is 24.0 Å². The zero-order chi connectivity index (χ0) is 14.5. The normalized spacial score (nSPS) is 14.0. The van der Waals surface area contributed by atoms with E-state index in [0.29, 0.717) is 0 Å². The molecule has 1 nitrogen and oxygen atoms in total. The van der Waals surface area contributed by atoms with E-state index in [-0.39, 0.29) is 11.3 Å². The summed E-state index contributed by atoms with van der Waals surface area (Å²) in [7, 11) is 0. The Balaban J connectivity index is 2.11. The molecule has 2 aromatic rings. The van der Waals surface area contributed by atoms with Crippen LogP contribution in [0.2, 0.25) is 10.0 Å². The maximum absolute atomic E-state index is 6.19. The molecule has 106 valence electrons. The zero-order valence-corrected chi connectivity index (χ0v) is 13.6. The van der Waals surface area contributed by atoms with Crippen LogP contribution in [0.25, 0.3) is 0 Å². The van der Waals surface area contributed by atoms with E-state index in [2.05, 4.69) is 6.07 Å². The van der Waals surface area contributed by atoms with E-state index in [1.54, 1.807) is 11.8 Å². The van der Waals surface area contributed by atoms with Gasteiger partial charge in [-0.15, -0.1) is 11.8 Å². The predicted molar refractivity (Wildman–Crippen MR) is 90.6 cm³/mol. The van der Waals surface area contributed by atoms with Gasteiger partial charge in [0.25, 0.3) is 0 Å². The summed E-state index contributed by atoms with van der Waals surface area (Å²) in [5.74, 6) is 0.842. The Hall–Kier alpha value is -0.670. The number of halogens is 2. The van der Waals surface area contributed by atoms with Crippen molar-refractivity contribution in [3.05, 3.63) is 69.7 Å². The molecule has 2 rings (SSSR count). The summed E-state index contributed by atoms with van der Waals surface area (Å²) in [4.78, 5) is 0. The molecule has 0 radical (unpaired) electrons. The minimum Gasteiger partial charge on any atom is -0.327 e. The van der Waals surface area contributed by atoms with E-state index < -0.39 is 0 Å². The first kappa shape index (κ1) is 15.7. The molecule has 20 heavy (non-hydrogen) atoms. The third kappa shape index (κ3) is 4.16. The monoisotopic (exact) mass is 325 g/mol. The first-order valence-electron chi connectivity index (χ1n) is 6.44. The van der Waals surface area contributed by atoms with Gasteiger partial charge in [-0.1, -0.05) is 53.5 Å². The third-order valence-corrected chi connectivity index (χ3v) is 5.21. The lowest BCUT2D eigenvalue weighted by atomic mass is 10.1. The summed E-state index contributed by atoms with van der Waals surface area (Å²) in [6.45, 7) is 2.03.